The van der Waals surface area contributed by atoms with Crippen molar-refractivity contribution >= 4 is 21.7 Å². The van der Waals surface area contributed by atoms with Gasteiger partial charge in [0, 0.05) is 29.1 Å². The van der Waals surface area contributed by atoms with Gasteiger partial charge in [-0.3, -0.25) is 4.79 Å². The fourth-order valence-electron chi connectivity index (χ4n) is 3.32. The van der Waals surface area contributed by atoms with E-state index in [0.29, 0.717) is 17.0 Å². The molecule has 4 aromatic rings. The van der Waals surface area contributed by atoms with E-state index >= 15 is 0 Å². The van der Waals surface area contributed by atoms with Crippen LogP contribution in [0.3, 0.4) is 0 Å². The highest BCUT2D eigenvalue weighted by molar-refractivity contribution is 7.90. The Balaban J connectivity index is 1.72. The Kier molecular flexibility index (Phi) is 6.24. The summed E-state index contributed by atoms with van der Waals surface area (Å²) < 4.78 is 30.5. The molecule has 0 aliphatic carbocycles. The van der Waals surface area contributed by atoms with Gasteiger partial charge in [0.1, 0.15) is 5.75 Å². The van der Waals surface area contributed by atoms with E-state index in [1.165, 1.54) is 12.3 Å². The molecule has 0 N–H and O–H groups in total. The Morgan fingerprint density at radius 3 is 2.21 bits per heavy atom. The smallest absolute Gasteiger partial charge is 0.185 e. The van der Waals surface area contributed by atoms with E-state index in [1.54, 1.807) is 66.4 Å². The van der Waals surface area contributed by atoms with Gasteiger partial charge in [0.2, 0.25) is 0 Å². The molecule has 0 atom stereocenters. The Morgan fingerprint density at radius 1 is 0.939 bits per heavy atom. The van der Waals surface area contributed by atoms with Gasteiger partial charge in [0.05, 0.1) is 23.4 Å². The number of methoxy groups -OCH3 is 1. The lowest BCUT2D eigenvalue weighted by Crippen LogP contribution is -1.97. The minimum Gasteiger partial charge on any atom is -0.497 e. The van der Waals surface area contributed by atoms with Crippen LogP contribution in [-0.2, 0) is 9.84 Å². The minimum atomic E-state index is -3.30. The van der Waals surface area contributed by atoms with Gasteiger partial charge in [-0.1, -0.05) is 30.3 Å². The lowest BCUT2D eigenvalue weighted by Gasteiger charge is -2.03. The third kappa shape index (κ3) is 5.10. The van der Waals surface area contributed by atoms with Gasteiger partial charge in [0.15, 0.2) is 15.6 Å². The van der Waals surface area contributed by atoms with Crippen molar-refractivity contribution in [2.75, 3.05) is 13.4 Å². The van der Waals surface area contributed by atoms with Gasteiger partial charge < -0.3 is 4.74 Å². The lowest BCUT2D eigenvalue weighted by molar-refractivity contribution is 0.104. The molecule has 0 amide bonds. The molecule has 6 nitrogen and oxygen atoms in total. The number of hydrogen-bond acceptors (Lipinski definition) is 5. The van der Waals surface area contributed by atoms with Crippen LogP contribution in [-0.4, -0.2) is 37.3 Å². The van der Waals surface area contributed by atoms with Crippen LogP contribution in [0, 0.1) is 0 Å². The summed E-state index contributed by atoms with van der Waals surface area (Å²) in [4.78, 5) is 12.9. The number of para-hydroxylation sites is 1. The number of rotatable bonds is 7. The summed E-state index contributed by atoms with van der Waals surface area (Å²) >= 11 is 0. The standard InChI is InChI=1S/C26H22N2O4S/c1-32-23-13-8-19(9-14-23)25(29)17-12-21-18-28(22-6-4-3-5-7-22)27-26(21)20-10-15-24(16-11-20)33(2,30)31/h3-18H,1-2H3/b17-12+. The van der Waals surface area contributed by atoms with E-state index in [9.17, 15) is 13.2 Å². The number of nitrogens with zero attached hydrogens (tertiary/aromatic N) is 2. The van der Waals surface area contributed by atoms with Crippen LogP contribution in [0.15, 0.2) is 96.0 Å². The second-order valence-electron chi connectivity index (χ2n) is 7.44. The van der Waals surface area contributed by atoms with E-state index in [1.807, 2.05) is 36.5 Å². The van der Waals surface area contributed by atoms with Crippen molar-refractivity contribution in [2.45, 2.75) is 4.90 Å². The number of ketones is 1. The monoisotopic (exact) mass is 458 g/mol. The number of hydrogen-bond donors (Lipinski definition) is 0. The van der Waals surface area contributed by atoms with Crippen LogP contribution in [0.4, 0.5) is 0 Å². The maximum absolute atomic E-state index is 12.7. The Hall–Kier alpha value is -3.97. The zero-order chi connectivity index (χ0) is 23.4. The summed E-state index contributed by atoms with van der Waals surface area (Å²) in [6.07, 6.45) is 6.24. The molecular formula is C26H22N2O4S. The Labute approximate surface area is 192 Å². The van der Waals surface area contributed by atoms with Crippen LogP contribution in [0.5, 0.6) is 5.75 Å². The van der Waals surface area contributed by atoms with Gasteiger partial charge in [-0.15, -0.1) is 0 Å². The van der Waals surface area contributed by atoms with Crippen molar-refractivity contribution in [3.05, 3.63) is 102 Å². The summed E-state index contributed by atoms with van der Waals surface area (Å²) in [5.41, 5.74) is 3.52. The van der Waals surface area contributed by atoms with Crippen molar-refractivity contribution in [3.63, 3.8) is 0 Å². The van der Waals surface area contributed by atoms with E-state index < -0.39 is 9.84 Å². The molecule has 4 rings (SSSR count). The molecule has 0 aliphatic heterocycles. The summed E-state index contributed by atoms with van der Waals surface area (Å²) in [7, 11) is -1.73. The quantitative estimate of drug-likeness (QED) is 0.292. The van der Waals surface area contributed by atoms with Gasteiger partial charge in [0.25, 0.3) is 0 Å². The van der Waals surface area contributed by atoms with E-state index in [2.05, 4.69) is 0 Å². The molecule has 0 unspecified atom stereocenters. The summed E-state index contributed by atoms with van der Waals surface area (Å²) in [5.74, 6) is 0.531. The highest BCUT2D eigenvalue weighted by Gasteiger charge is 2.13. The molecular weight excluding hydrogens is 436 g/mol. The number of sulfone groups is 1. The second-order valence-corrected chi connectivity index (χ2v) is 9.45. The van der Waals surface area contributed by atoms with Crippen LogP contribution in [0.2, 0.25) is 0 Å². The second kappa shape index (κ2) is 9.26. The molecule has 0 saturated carbocycles. The molecule has 0 fully saturated rings. The average Bonchev–Trinajstić information content (AvgIpc) is 3.27. The predicted octanol–water partition coefficient (Wildman–Crippen LogP) is 4.85. The van der Waals surface area contributed by atoms with Gasteiger partial charge >= 0.3 is 0 Å². The maximum Gasteiger partial charge on any atom is 0.185 e. The molecule has 0 saturated heterocycles. The molecule has 1 aromatic heterocycles. The third-order valence-corrected chi connectivity index (χ3v) is 6.24. The Morgan fingerprint density at radius 2 is 1.61 bits per heavy atom. The fraction of sp³-hybridized carbons (Fsp3) is 0.0769. The summed E-state index contributed by atoms with van der Waals surface area (Å²) in [6.45, 7) is 0. The van der Waals surface area contributed by atoms with Crippen LogP contribution >= 0.6 is 0 Å². The zero-order valence-electron chi connectivity index (χ0n) is 18.2. The van der Waals surface area contributed by atoms with Crippen molar-refractivity contribution in [3.8, 4) is 22.7 Å². The van der Waals surface area contributed by atoms with Gasteiger partial charge in [-0.25, -0.2) is 13.1 Å². The average molecular weight is 459 g/mol. The summed E-state index contributed by atoms with van der Waals surface area (Å²) in [5, 5.41) is 4.70. The molecule has 0 radical (unpaired) electrons. The molecule has 0 spiro atoms. The van der Waals surface area contributed by atoms with E-state index in [4.69, 9.17) is 9.84 Å². The van der Waals surface area contributed by atoms with E-state index in [-0.39, 0.29) is 10.7 Å². The molecule has 166 valence electrons. The van der Waals surface area contributed by atoms with Crippen LogP contribution in [0.25, 0.3) is 23.0 Å². The molecule has 0 bridgehead atoms. The van der Waals surface area contributed by atoms with Crippen LogP contribution in [0.1, 0.15) is 15.9 Å². The number of allylic oxidation sites excluding steroid dienone is 1. The summed E-state index contributed by atoms with van der Waals surface area (Å²) in [6, 6.07) is 23.1. The molecule has 33 heavy (non-hydrogen) atoms. The van der Waals surface area contributed by atoms with Crippen LogP contribution < -0.4 is 4.74 Å². The molecule has 7 heteroatoms. The molecule has 3 aromatic carbocycles. The van der Waals surface area contributed by atoms with E-state index in [0.717, 1.165) is 16.8 Å². The SMILES string of the molecule is COc1ccc(C(=O)/C=C/c2cn(-c3ccccc3)nc2-c2ccc(S(C)(=O)=O)cc2)cc1. The maximum atomic E-state index is 12.7. The fourth-order valence-corrected chi connectivity index (χ4v) is 3.95. The Bertz CT molecular complexity index is 1400. The first-order valence-corrected chi connectivity index (χ1v) is 12.1. The third-order valence-electron chi connectivity index (χ3n) is 5.11. The molecule has 1 heterocycles. The van der Waals surface area contributed by atoms with Crippen molar-refractivity contribution in [1.29, 1.82) is 0 Å². The van der Waals surface area contributed by atoms with Gasteiger partial charge in [-0.2, -0.15) is 5.10 Å². The van der Waals surface area contributed by atoms with Crippen molar-refractivity contribution < 1.29 is 17.9 Å². The first-order chi connectivity index (χ1) is 15.8. The minimum absolute atomic E-state index is 0.150. The highest BCUT2D eigenvalue weighted by Crippen LogP contribution is 2.26. The number of aromatic nitrogens is 2. The highest BCUT2D eigenvalue weighted by atomic mass is 32.2. The predicted molar refractivity (Wildman–Crippen MR) is 128 cm³/mol. The van der Waals surface area contributed by atoms with Gasteiger partial charge in [-0.05, 0) is 60.7 Å². The number of carbonyl (C=O) groups excluding carboxylic acids is 1. The first kappa shape index (κ1) is 22.2. The number of carbonyl (C=O) groups is 1. The normalized spacial score (nSPS) is 11.6. The largest absolute Gasteiger partial charge is 0.497 e. The number of benzene rings is 3. The van der Waals surface area contributed by atoms with Crippen molar-refractivity contribution in [2.24, 2.45) is 0 Å². The zero-order valence-corrected chi connectivity index (χ0v) is 19.0. The lowest BCUT2D eigenvalue weighted by atomic mass is 10.1. The van der Waals surface area contributed by atoms with Crippen molar-refractivity contribution in [1.82, 2.24) is 9.78 Å². The molecule has 0 aliphatic rings. The topological polar surface area (TPSA) is 78.3 Å². The number of ether oxygens (including phenoxy) is 1. The first-order valence-electron chi connectivity index (χ1n) is 10.2.